The van der Waals surface area contributed by atoms with Crippen LogP contribution in [-0.4, -0.2) is 36.6 Å². The van der Waals surface area contributed by atoms with Crippen molar-refractivity contribution in [3.63, 3.8) is 0 Å². The third kappa shape index (κ3) is 4.97. The van der Waals surface area contributed by atoms with E-state index in [1.54, 1.807) is 0 Å². The lowest BCUT2D eigenvalue weighted by Gasteiger charge is -2.42. The van der Waals surface area contributed by atoms with E-state index >= 15 is 0 Å². The highest BCUT2D eigenvalue weighted by Crippen LogP contribution is 2.24. The van der Waals surface area contributed by atoms with Crippen LogP contribution in [0.15, 0.2) is 0 Å². The zero-order valence-electron chi connectivity index (χ0n) is 12.5. The van der Waals surface area contributed by atoms with Gasteiger partial charge in [-0.1, -0.05) is 27.7 Å². The molecule has 1 heterocycles. The zero-order valence-corrected chi connectivity index (χ0v) is 12.5. The number of hydrogen-bond acceptors (Lipinski definition) is 2. The van der Waals surface area contributed by atoms with Gasteiger partial charge in [-0.25, -0.2) is 0 Å². The smallest absolute Gasteiger partial charge is 0.0220 e. The minimum Gasteiger partial charge on any atom is -0.315 e. The summed E-state index contributed by atoms with van der Waals surface area (Å²) < 4.78 is 0. The molecule has 2 nitrogen and oxygen atoms in total. The van der Waals surface area contributed by atoms with Gasteiger partial charge in [-0.3, -0.25) is 4.90 Å². The number of nitrogens with zero attached hydrogens (tertiary/aromatic N) is 1. The van der Waals surface area contributed by atoms with Crippen molar-refractivity contribution in [3.05, 3.63) is 0 Å². The van der Waals surface area contributed by atoms with Crippen LogP contribution in [0.2, 0.25) is 0 Å². The van der Waals surface area contributed by atoms with Crippen molar-refractivity contribution < 1.29 is 0 Å². The molecule has 0 aromatic heterocycles. The van der Waals surface area contributed by atoms with Crippen molar-refractivity contribution in [1.29, 1.82) is 0 Å². The van der Waals surface area contributed by atoms with E-state index in [9.17, 15) is 0 Å². The predicted octanol–water partition coefficient (Wildman–Crippen LogP) is 3.13. The molecule has 2 heteroatoms. The summed E-state index contributed by atoms with van der Waals surface area (Å²) in [4.78, 5) is 2.74. The fraction of sp³-hybridized carbons (Fsp3) is 1.00. The second-order valence-electron chi connectivity index (χ2n) is 6.34. The lowest BCUT2D eigenvalue weighted by atomic mass is 9.93. The Morgan fingerprint density at radius 2 is 1.88 bits per heavy atom. The van der Waals surface area contributed by atoms with E-state index in [-0.39, 0.29) is 0 Å². The molecule has 1 N–H and O–H groups in total. The van der Waals surface area contributed by atoms with Crippen LogP contribution in [0, 0.1) is 11.8 Å². The van der Waals surface area contributed by atoms with Crippen LogP contribution in [0.1, 0.15) is 53.9 Å². The van der Waals surface area contributed by atoms with E-state index in [2.05, 4.69) is 44.8 Å². The molecular weight excluding hydrogens is 208 g/mol. The molecule has 3 atom stereocenters. The number of nitrogens with one attached hydrogen (secondary N) is 1. The van der Waals surface area contributed by atoms with Crippen LogP contribution in [0.4, 0.5) is 0 Å². The Bertz CT molecular complexity index is 203. The standard InChI is InChI=1S/C15H32N2/c1-6-15(10-16-9-12(2)3)17-11-13(4)7-8-14(17)5/h12-16H,6-11H2,1-5H3. The summed E-state index contributed by atoms with van der Waals surface area (Å²) in [6, 6.07) is 1.50. The summed E-state index contributed by atoms with van der Waals surface area (Å²) in [7, 11) is 0. The molecule has 102 valence electrons. The molecule has 0 aliphatic carbocycles. The van der Waals surface area contributed by atoms with Gasteiger partial charge in [-0.05, 0) is 44.6 Å². The molecule has 0 spiro atoms. The zero-order chi connectivity index (χ0) is 12.8. The van der Waals surface area contributed by atoms with Crippen LogP contribution in [0.25, 0.3) is 0 Å². The fourth-order valence-electron chi connectivity index (χ4n) is 2.87. The van der Waals surface area contributed by atoms with Gasteiger partial charge in [-0.15, -0.1) is 0 Å². The highest BCUT2D eigenvalue weighted by Gasteiger charge is 2.27. The van der Waals surface area contributed by atoms with Gasteiger partial charge < -0.3 is 5.32 Å². The number of piperidine rings is 1. The first-order chi connectivity index (χ1) is 8.04. The first kappa shape index (κ1) is 15.0. The first-order valence-electron chi connectivity index (χ1n) is 7.51. The largest absolute Gasteiger partial charge is 0.315 e. The summed E-state index contributed by atoms with van der Waals surface area (Å²) in [6.07, 6.45) is 4.05. The molecule has 0 saturated carbocycles. The van der Waals surface area contributed by atoms with E-state index < -0.39 is 0 Å². The van der Waals surface area contributed by atoms with E-state index in [0.29, 0.717) is 0 Å². The second-order valence-corrected chi connectivity index (χ2v) is 6.34. The molecular formula is C15H32N2. The molecule has 0 aromatic carbocycles. The molecule has 0 aromatic rings. The summed E-state index contributed by atoms with van der Waals surface area (Å²) in [6.45, 7) is 15.3. The molecule has 1 aliphatic heterocycles. The topological polar surface area (TPSA) is 15.3 Å². The molecule has 17 heavy (non-hydrogen) atoms. The average Bonchev–Trinajstić information content (AvgIpc) is 2.28. The Balaban J connectivity index is 2.41. The summed E-state index contributed by atoms with van der Waals surface area (Å²) >= 11 is 0. The number of hydrogen-bond donors (Lipinski definition) is 1. The van der Waals surface area contributed by atoms with Crippen molar-refractivity contribution >= 4 is 0 Å². The molecule has 0 bridgehead atoms. The van der Waals surface area contributed by atoms with Gasteiger partial charge in [0.2, 0.25) is 0 Å². The maximum atomic E-state index is 3.63. The summed E-state index contributed by atoms with van der Waals surface area (Å²) in [5.41, 5.74) is 0. The van der Waals surface area contributed by atoms with Crippen LogP contribution < -0.4 is 5.32 Å². The lowest BCUT2D eigenvalue weighted by molar-refractivity contribution is 0.0737. The Kier molecular flexibility index (Phi) is 6.50. The highest BCUT2D eigenvalue weighted by atomic mass is 15.2. The van der Waals surface area contributed by atoms with Gasteiger partial charge >= 0.3 is 0 Å². The van der Waals surface area contributed by atoms with Gasteiger partial charge in [0, 0.05) is 25.2 Å². The Morgan fingerprint density at radius 1 is 1.18 bits per heavy atom. The first-order valence-corrected chi connectivity index (χ1v) is 7.51. The van der Waals surface area contributed by atoms with Gasteiger partial charge in [0.25, 0.3) is 0 Å². The van der Waals surface area contributed by atoms with E-state index in [1.807, 2.05) is 0 Å². The molecule has 1 aliphatic rings. The lowest BCUT2D eigenvalue weighted by Crippen LogP contribution is -2.51. The maximum absolute atomic E-state index is 3.63. The van der Waals surface area contributed by atoms with Crippen LogP contribution in [0.3, 0.4) is 0 Å². The van der Waals surface area contributed by atoms with E-state index in [1.165, 1.54) is 25.8 Å². The Hall–Kier alpha value is -0.0800. The molecule has 3 unspecified atom stereocenters. The predicted molar refractivity (Wildman–Crippen MR) is 76.4 cm³/mol. The Labute approximate surface area is 108 Å². The minimum absolute atomic E-state index is 0.728. The third-order valence-corrected chi connectivity index (χ3v) is 4.04. The fourth-order valence-corrected chi connectivity index (χ4v) is 2.87. The van der Waals surface area contributed by atoms with Gasteiger partial charge in [-0.2, -0.15) is 0 Å². The molecule has 0 amide bonds. The highest BCUT2D eigenvalue weighted by molar-refractivity contribution is 4.83. The normalized spacial score (nSPS) is 28.6. The van der Waals surface area contributed by atoms with E-state index in [4.69, 9.17) is 0 Å². The minimum atomic E-state index is 0.728. The second kappa shape index (κ2) is 7.38. The SMILES string of the molecule is CCC(CNCC(C)C)N1CC(C)CCC1C. The quantitative estimate of drug-likeness (QED) is 0.767. The maximum Gasteiger partial charge on any atom is 0.0220 e. The summed E-state index contributed by atoms with van der Waals surface area (Å²) in [5.74, 6) is 1.63. The van der Waals surface area contributed by atoms with Crippen molar-refractivity contribution in [2.45, 2.75) is 66.0 Å². The molecule has 0 radical (unpaired) electrons. The van der Waals surface area contributed by atoms with Crippen LogP contribution in [0.5, 0.6) is 0 Å². The third-order valence-electron chi connectivity index (χ3n) is 4.04. The molecule has 1 fully saturated rings. The van der Waals surface area contributed by atoms with Crippen molar-refractivity contribution in [2.75, 3.05) is 19.6 Å². The van der Waals surface area contributed by atoms with Gasteiger partial charge in [0.1, 0.15) is 0 Å². The monoisotopic (exact) mass is 240 g/mol. The van der Waals surface area contributed by atoms with Crippen LogP contribution in [-0.2, 0) is 0 Å². The van der Waals surface area contributed by atoms with E-state index in [0.717, 1.165) is 37.0 Å². The van der Waals surface area contributed by atoms with Gasteiger partial charge in [0.15, 0.2) is 0 Å². The molecule has 1 rings (SSSR count). The van der Waals surface area contributed by atoms with Gasteiger partial charge in [0.05, 0.1) is 0 Å². The van der Waals surface area contributed by atoms with Crippen molar-refractivity contribution in [2.24, 2.45) is 11.8 Å². The number of likely N-dealkylation sites (tertiary alicyclic amines) is 1. The number of rotatable bonds is 6. The van der Waals surface area contributed by atoms with Crippen molar-refractivity contribution in [3.8, 4) is 0 Å². The Morgan fingerprint density at radius 3 is 2.47 bits per heavy atom. The van der Waals surface area contributed by atoms with Crippen molar-refractivity contribution in [1.82, 2.24) is 10.2 Å². The molecule has 1 saturated heterocycles. The van der Waals surface area contributed by atoms with Crippen LogP contribution >= 0.6 is 0 Å². The summed E-state index contributed by atoms with van der Waals surface area (Å²) in [5, 5.41) is 3.63. The average molecular weight is 240 g/mol.